The molecule has 6 heteroatoms. The van der Waals surface area contributed by atoms with Gasteiger partial charge in [0.2, 0.25) is 0 Å². The fraction of sp³-hybridized carbons (Fsp3) is 0. The summed E-state index contributed by atoms with van der Waals surface area (Å²) in [7, 11) is -3.91. The molecule has 4 nitrogen and oxygen atoms in total. The normalized spacial score (nSPS) is 12.5. The molecule has 0 aliphatic heterocycles. The first kappa shape index (κ1) is 6.27. The third-order valence-electron chi connectivity index (χ3n) is 0.274. The summed E-state index contributed by atoms with van der Waals surface area (Å²) in [5, 5.41) is 0. The third-order valence-corrected chi connectivity index (χ3v) is 2.46. The Morgan fingerprint density at radius 2 is 1.50 bits per heavy atom. The van der Waals surface area contributed by atoms with Gasteiger partial charge in [-0.15, -0.1) is 0 Å². The van der Waals surface area contributed by atoms with Gasteiger partial charge < -0.3 is 18.5 Å². The van der Waals surface area contributed by atoms with Gasteiger partial charge in [-0.2, -0.15) is 0 Å². The largest absolute Gasteiger partial charge is 0.660 e. The molecule has 0 bridgehead atoms. The number of rotatable bonds is 1. The van der Waals surface area contributed by atoms with Gasteiger partial charge in [0.05, 0.1) is 0 Å². The van der Waals surface area contributed by atoms with E-state index in [9.17, 15) is 0 Å². The second-order valence-electron chi connectivity index (χ2n) is 0.778. The maximum absolute atomic E-state index is 7.89. The Bertz CT molecular complexity index is 35.3. The van der Waals surface area contributed by atoms with Gasteiger partial charge in [-0.1, -0.05) is 0 Å². The van der Waals surface area contributed by atoms with Crippen LogP contribution in [0, 0.1) is 0 Å². The summed E-state index contributed by atoms with van der Waals surface area (Å²) in [6.07, 6.45) is 0. The van der Waals surface area contributed by atoms with Crippen molar-refractivity contribution in [1.82, 2.24) is 0 Å². The maximum Gasteiger partial charge on any atom is 0.660 e. The first-order valence-electron chi connectivity index (χ1n) is 1.28. The van der Waals surface area contributed by atoms with E-state index in [-0.39, 0.29) is 10.5 Å². The SMILES string of the molecule is O[Si](O)(O)O[SiH3]. The van der Waals surface area contributed by atoms with Crippen molar-refractivity contribution in [2.24, 2.45) is 0 Å². The van der Waals surface area contributed by atoms with Crippen LogP contribution in [0.2, 0.25) is 0 Å². The third kappa shape index (κ3) is 4.27. The maximum atomic E-state index is 7.89. The van der Waals surface area contributed by atoms with Crippen molar-refractivity contribution in [1.29, 1.82) is 0 Å². The van der Waals surface area contributed by atoms with Crippen molar-refractivity contribution in [3.63, 3.8) is 0 Å². The molecule has 0 saturated carbocycles. The summed E-state index contributed by atoms with van der Waals surface area (Å²) in [6, 6.07) is 0. The molecule has 0 amide bonds. The minimum Gasteiger partial charge on any atom is -0.403 e. The average Bonchev–Trinajstić information content (AvgIpc) is 1.35. The summed E-state index contributed by atoms with van der Waals surface area (Å²) < 4.78 is 3.88. The highest BCUT2D eigenvalue weighted by Gasteiger charge is 2.26. The lowest BCUT2D eigenvalue weighted by Gasteiger charge is -2.02. The van der Waals surface area contributed by atoms with Crippen LogP contribution in [0.3, 0.4) is 0 Å². The van der Waals surface area contributed by atoms with Crippen molar-refractivity contribution in [2.75, 3.05) is 0 Å². The lowest BCUT2D eigenvalue weighted by molar-refractivity contribution is 0.134. The molecule has 0 aromatic carbocycles. The van der Waals surface area contributed by atoms with Gasteiger partial charge in [-0.3, -0.25) is 0 Å². The molecule has 0 atom stereocenters. The summed E-state index contributed by atoms with van der Waals surface area (Å²) >= 11 is 0. The van der Waals surface area contributed by atoms with Gasteiger partial charge in [0, 0.05) is 0 Å². The molecule has 0 radical (unpaired) electrons. The predicted molar refractivity (Wildman–Crippen MR) is 23.4 cm³/mol. The molecule has 0 aromatic rings. The van der Waals surface area contributed by atoms with Crippen LogP contribution in [0.4, 0.5) is 0 Å². The van der Waals surface area contributed by atoms with Crippen LogP contribution in [0.1, 0.15) is 0 Å². The second kappa shape index (κ2) is 1.82. The topological polar surface area (TPSA) is 69.9 Å². The molecule has 0 aliphatic rings. The fourth-order valence-electron chi connectivity index (χ4n) is 0. The average molecular weight is 126 g/mol. The van der Waals surface area contributed by atoms with E-state index in [1.807, 2.05) is 0 Å². The highest BCUT2D eigenvalue weighted by Crippen LogP contribution is 1.79. The van der Waals surface area contributed by atoms with Crippen molar-refractivity contribution in [3.8, 4) is 0 Å². The Morgan fingerprint density at radius 1 is 1.33 bits per heavy atom. The molecule has 0 spiro atoms. The highest BCUT2D eigenvalue weighted by molar-refractivity contribution is 6.52. The Hall–Kier alpha value is 0.274. The van der Waals surface area contributed by atoms with Crippen LogP contribution < -0.4 is 0 Å². The molecule has 0 saturated heterocycles. The van der Waals surface area contributed by atoms with Crippen LogP contribution in [0.15, 0.2) is 0 Å². The Morgan fingerprint density at radius 3 is 1.50 bits per heavy atom. The minimum atomic E-state index is -4.07. The summed E-state index contributed by atoms with van der Waals surface area (Å²) in [6.45, 7) is 0. The smallest absolute Gasteiger partial charge is 0.403 e. The second-order valence-corrected chi connectivity index (χ2v) is 3.56. The van der Waals surface area contributed by atoms with Crippen LogP contribution >= 0.6 is 0 Å². The first-order chi connectivity index (χ1) is 2.56. The first-order valence-corrected chi connectivity index (χ1v) is 3.85. The lowest BCUT2D eigenvalue weighted by Crippen LogP contribution is -2.37. The van der Waals surface area contributed by atoms with E-state index in [1.54, 1.807) is 0 Å². The highest BCUT2D eigenvalue weighted by atomic mass is 28.4. The Balaban J connectivity index is 3.17. The minimum absolute atomic E-state index is 0.160. The van der Waals surface area contributed by atoms with Crippen LogP contribution in [-0.2, 0) is 4.12 Å². The molecule has 0 aliphatic carbocycles. The van der Waals surface area contributed by atoms with Crippen LogP contribution in [0.25, 0.3) is 0 Å². The predicted octanol–water partition coefficient (Wildman–Crippen LogP) is -3.30. The van der Waals surface area contributed by atoms with E-state index in [1.165, 1.54) is 0 Å². The monoisotopic (exact) mass is 126 g/mol. The van der Waals surface area contributed by atoms with Crippen molar-refractivity contribution in [2.45, 2.75) is 0 Å². The van der Waals surface area contributed by atoms with E-state index < -0.39 is 9.05 Å². The Kier molecular flexibility index (Phi) is 1.90. The number of hydrogen-bond acceptors (Lipinski definition) is 4. The van der Waals surface area contributed by atoms with Gasteiger partial charge in [0.1, 0.15) is 10.5 Å². The van der Waals surface area contributed by atoms with E-state index in [0.717, 1.165) is 0 Å². The lowest BCUT2D eigenvalue weighted by atomic mass is 15.7. The quantitative estimate of drug-likeness (QED) is 0.322. The van der Waals surface area contributed by atoms with Gasteiger partial charge >= 0.3 is 9.05 Å². The van der Waals surface area contributed by atoms with Gasteiger partial charge in [0.15, 0.2) is 0 Å². The van der Waals surface area contributed by atoms with E-state index in [0.29, 0.717) is 0 Å². The van der Waals surface area contributed by atoms with Gasteiger partial charge in [-0.25, -0.2) is 0 Å². The molecule has 6 heavy (non-hydrogen) atoms. The number of hydrogen-bond donors (Lipinski definition) is 3. The molecule has 0 rings (SSSR count). The van der Waals surface area contributed by atoms with E-state index in [2.05, 4.69) is 4.12 Å². The van der Waals surface area contributed by atoms with Crippen molar-refractivity contribution >= 4 is 19.5 Å². The molecule has 3 N–H and O–H groups in total. The van der Waals surface area contributed by atoms with Gasteiger partial charge in [0.25, 0.3) is 0 Å². The fourth-order valence-corrected chi connectivity index (χ4v) is 0. The summed E-state index contributed by atoms with van der Waals surface area (Å²) in [5.74, 6) is 0. The van der Waals surface area contributed by atoms with E-state index in [4.69, 9.17) is 14.4 Å². The van der Waals surface area contributed by atoms with Crippen molar-refractivity contribution < 1.29 is 18.5 Å². The molecule has 38 valence electrons. The van der Waals surface area contributed by atoms with E-state index >= 15 is 0 Å². The summed E-state index contributed by atoms with van der Waals surface area (Å²) in [5.41, 5.74) is 0. The van der Waals surface area contributed by atoms with Crippen LogP contribution in [-0.4, -0.2) is 33.9 Å². The van der Waals surface area contributed by atoms with Crippen LogP contribution in [0.5, 0.6) is 0 Å². The summed E-state index contributed by atoms with van der Waals surface area (Å²) in [4.78, 5) is 23.7. The molecule has 0 fully saturated rings. The standard InChI is InChI=1S/H6O4Si2/c1-6(2,3)4-5/h1-3H,5H3. The molecule has 0 aromatic heterocycles. The zero-order valence-electron chi connectivity index (χ0n) is 3.25. The molecular weight excluding hydrogens is 120 g/mol. The zero-order valence-corrected chi connectivity index (χ0v) is 6.25. The Labute approximate surface area is 39.0 Å². The van der Waals surface area contributed by atoms with Crippen molar-refractivity contribution in [3.05, 3.63) is 0 Å². The molecule has 0 unspecified atom stereocenters. The molecular formula is H6O4Si2. The molecule has 0 heterocycles. The zero-order chi connectivity index (χ0) is 5.21. The van der Waals surface area contributed by atoms with Gasteiger partial charge in [-0.05, 0) is 0 Å².